The van der Waals surface area contributed by atoms with E-state index in [0.29, 0.717) is 11.0 Å². The molecule has 3 rings (SSSR count). The Morgan fingerprint density at radius 3 is 2.43 bits per heavy atom. The van der Waals surface area contributed by atoms with Crippen LogP contribution in [-0.4, -0.2) is 9.13 Å². The predicted octanol–water partition coefficient (Wildman–Crippen LogP) is 2.93. The quantitative estimate of drug-likeness (QED) is 0.754. The molecule has 0 aliphatic carbocycles. The van der Waals surface area contributed by atoms with Gasteiger partial charge in [-0.3, -0.25) is 9.13 Å². The zero-order chi connectivity index (χ0) is 15.3. The Kier molecular flexibility index (Phi) is 3.47. The monoisotopic (exact) mass is 369 g/mol. The molecule has 0 aliphatic rings. The van der Waals surface area contributed by atoms with Gasteiger partial charge in [-0.2, -0.15) is 0 Å². The molecule has 110 valence electrons. The van der Waals surface area contributed by atoms with Crippen LogP contribution in [0.4, 0.5) is 0 Å². The fourth-order valence-electron chi connectivity index (χ4n) is 2.42. The minimum Gasteiger partial charge on any atom is -0.448 e. The van der Waals surface area contributed by atoms with Crippen molar-refractivity contribution < 1.29 is 4.42 Å². The first-order chi connectivity index (χ1) is 9.90. The van der Waals surface area contributed by atoms with Crippen molar-refractivity contribution >= 4 is 38.6 Å². The van der Waals surface area contributed by atoms with Crippen molar-refractivity contribution in [2.45, 2.75) is 6.04 Å². The average Bonchev–Trinajstić information content (AvgIpc) is 2.97. The summed E-state index contributed by atoms with van der Waals surface area (Å²) in [6, 6.07) is 6.71. The molecule has 2 aromatic heterocycles. The lowest BCUT2D eigenvalue weighted by Gasteiger charge is -2.12. The Morgan fingerprint density at radius 1 is 1.24 bits per heavy atom. The van der Waals surface area contributed by atoms with Crippen LogP contribution in [0.5, 0.6) is 0 Å². The van der Waals surface area contributed by atoms with E-state index in [4.69, 9.17) is 21.8 Å². The van der Waals surface area contributed by atoms with Crippen molar-refractivity contribution in [2.75, 3.05) is 0 Å². The molecule has 0 saturated carbocycles. The molecule has 7 heteroatoms. The molecule has 21 heavy (non-hydrogen) atoms. The Labute approximate surface area is 134 Å². The van der Waals surface area contributed by atoms with Crippen molar-refractivity contribution in [1.82, 2.24) is 9.13 Å². The number of benzene rings is 1. The number of hydrogen-bond donors (Lipinski definition) is 1. The molecule has 2 N–H and O–H groups in total. The number of hydrogen-bond acceptors (Lipinski definition) is 3. The van der Waals surface area contributed by atoms with Gasteiger partial charge in [0.25, 0.3) is 0 Å². The van der Waals surface area contributed by atoms with E-state index in [0.717, 1.165) is 21.1 Å². The van der Waals surface area contributed by atoms with Gasteiger partial charge in [-0.15, -0.1) is 0 Å². The van der Waals surface area contributed by atoms with E-state index in [1.807, 2.05) is 12.1 Å². The van der Waals surface area contributed by atoms with Crippen LogP contribution in [0.25, 0.3) is 11.0 Å². The topological polar surface area (TPSA) is 66.1 Å². The molecular formula is C14H13BrClN3O2. The summed E-state index contributed by atoms with van der Waals surface area (Å²) >= 11 is 9.30. The molecule has 1 unspecified atom stereocenters. The Balaban J connectivity index is 2.21. The van der Waals surface area contributed by atoms with Crippen molar-refractivity contribution in [1.29, 1.82) is 0 Å². The van der Waals surface area contributed by atoms with Gasteiger partial charge >= 0.3 is 5.69 Å². The molecule has 1 aromatic carbocycles. The number of fused-ring (bicyclic) bond motifs is 1. The number of nitrogens with two attached hydrogens (primary N) is 1. The summed E-state index contributed by atoms with van der Waals surface area (Å²) in [4.78, 5) is 12.0. The minimum absolute atomic E-state index is 0.0799. The van der Waals surface area contributed by atoms with E-state index in [2.05, 4.69) is 15.9 Å². The number of imidazole rings is 1. The van der Waals surface area contributed by atoms with Gasteiger partial charge in [-0.05, 0) is 41.4 Å². The van der Waals surface area contributed by atoms with E-state index in [1.54, 1.807) is 35.4 Å². The van der Waals surface area contributed by atoms with E-state index in [9.17, 15) is 4.79 Å². The zero-order valence-electron chi connectivity index (χ0n) is 11.4. The third-order valence-electron chi connectivity index (χ3n) is 3.63. The number of halogens is 2. The summed E-state index contributed by atoms with van der Waals surface area (Å²) in [6.07, 6.45) is 0. The van der Waals surface area contributed by atoms with E-state index < -0.39 is 6.04 Å². The van der Waals surface area contributed by atoms with Crippen molar-refractivity contribution in [2.24, 2.45) is 19.8 Å². The molecule has 2 heterocycles. The molecule has 3 aromatic rings. The van der Waals surface area contributed by atoms with Crippen molar-refractivity contribution in [3.8, 4) is 0 Å². The largest absolute Gasteiger partial charge is 0.448 e. The first kappa shape index (κ1) is 14.4. The molecule has 0 radical (unpaired) electrons. The second-order valence-electron chi connectivity index (χ2n) is 4.88. The number of aryl methyl sites for hydroxylation is 2. The summed E-state index contributed by atoms with van der Waals surface area (Å²) in [5.74, 6) is 0.570. The second kappa shape index (κ2) is 5.05. The molecule has 0 aliphatic heterocycles. The molecule has 0 amide bonds. The van der Waals surface area contributed by atoms with Gasteiger partial charge in [0, 0.05) is 18.6 Å². The first-order valence-corrected chi connectivity index (χ1v) is 7.43. The van der Waals surface area contributed by atoms with Gasteiger partial charge in [0.1, 0.15) is 5.76 Å². The van der Waals surface area contributed by atoms with Crippen LogP contribution in [0.1, 0.15) is 17.4 Å². The average molecular weight is 371 g/mol. The van der Waals surface area contributed by atoms with E-state index >= 15 is 0 Å². The molecule has 0 bridgehead atoms. The molecule has 1 atom stereocenters. The fraction of sp³-hybridized carbons (Fsp3) is 0.214. The highest BCUT2D eigenvalue weighted by Gasteiger charge is 2.19. The summed E-state index contributed by atoms with van der Waals surface area (Å²) in [6.45, 7) is 0. The highest BCUT2D eigenvalue weighted by Crippen LogP contribution is 2.32. The van der Waals surface area contributed by atoms with Gasteiger partial charge in [-0.25, -0.2) is 4.79 Å². The van der Waals surface area contributed by atoms with Crippen molar-refractivity contribution in [3.05, 3.63) is 55.8 Å². The summed E-state index contributed by atoms with van der Waals surface area (Å²) in [5.41, 5.74) is 8.64. The highest BCUT2D eigenvalue weighted by atomic mass is 79.9. The smallest absolute Gasteiger partial charge is 0.328 e. The molecule has 0 spiro atoms. The lowest BCUT2D eigenvalue weighted by molar-refractivity contribution is 0.491. The maximum atomic E-state index is 12.0. The van der Waals surface area contributed by atoms with Gasteiger partial charge in [0.2, 0.25) is 0 Å². The summed E-state index contributed by atoms with van der Waals surface area (Å²) in [7, 11) is 3.47. The highest BCUT2D eigenvalue weighted by molar-refractivity contribution is 9.10. The van der Waals surface area contributed by atoms with Gasteiger partial charge in [0.15, 0.2) is 5.22 Å². The Bertz CT molecular complexity index is 894. The number of rotatable bonds is 2. The lowest BCUT2D eigenvalue weighted by Crippen LogP contribution is -2.19. The normalized spacial score (nSPS) is 13.0. The van der Waals surface area contributed by atoms with Crippen LogP contribution in [0.15, 0.2) is 37.9 Å². The van der Waals surface area contributed by atoms with Crippen molar-refractivity contribution in [3.63, 3.8) is 0 Å². The Morgan fingerprint density at radius 2 is 1.86 bits per heavy atom. The summed E-state index contributed by atoms with van der Waals surface area (Å²) < 4.78 is 9.37. The standard InChI is InChI=1S/C14H13BrClN3O2/c1-18-9-5-7(13(17)11-3-4-12(16)21-11)8(15)6-10(9)19(2)14(18)20/h3-6,13H,17H2,1-2H3. The van der Waals surface area contributed by atoms with Crippen LogP contribution in [0.2, 0.25) is 5.22 Å². The number of aromatic nitrogens is 2. The first-order valence-electron chi connectivity index (χ1n) is 6.26. The van der Waals surface area contributed by atoms with Crippen LogP contribution in [-0.2, 0) is 14.1 Å². The SMILES string of the molecule is Cn1c(=O)n(C)c2cc(C(N)c3ccc(Cl)o3)c(Br)cc21. The van der Waals surface area contributed by atoms with Gasteiger partial charge < -0.3 is 10.2 Å². The van der Waals surface area contributed by atoms with Crippen LogP contribution >= 0.6 is 27.5 Å². The lowest BCUT2D eigenvalue weighted by atomic mass is 10.0. The zero-order valence-corrected chi connectivity index (χ0v) is 13.8. The maximum Gasteiger partial charge on any atom is 0.328 e. The van der Waals surface area contributed by atoms with Crippen LogP contribution in [0.3, 0.4) is 0 Å². The maximum absolute atomic E-state index is 12.0. The third-order valence-corrected chi connectivity index (χ3v) is 4.52. The van der Waals surface area contributed by atoms with E-state index in [-0.39, 0.29) is 5.69 Å². The Hall–Kier alpha value is -1.50. The predicted molar refractivity (Wildman–Crippen MR) is 85.6 cm³/mol. The molecular weight excluding hydrogens is 358 g/mol. The van der Waals surface area contributed by atoms with E-state index in [1.165, 1.54) is 0 Å². The fourth-order valence-corrected chi connectivity index (χ4v) is 3.15. The van der Waals surface area contributed by atoms with Gasteiger partial charge in [0.05, 0.1) is 17.1 Å². The number of furan rings is 1. The van der Waals surface area contributed by atoms with Gasteiger partial charge in [-0.1, -0.05) is 15.9 Å². The molecule has 0 fully saturated rings. The van der Waals surface area contributed by atoms with Crippen LogP contribution < -0.4 is 11.4 Å². The third kappa shape index (κ3) is 2.23. The minimum atomic E-state index is -0.466. The second-order valence-corrected chi connectivity index (χ2v) is 6.11. The van der Waals surface area contributed by atoms with Crippen LogP contribution in [0, 0.1) is 0 Å². The number of nitrogens with zero attached hydrogens (tertiary/aromatic N) is 2. The molecule has 0 saturated heterocycles. The molecule has 5 nitrogen and oxygen atoms in total. The summed E-state index contributed by atoms with van der Waals surface area (Å²) in [5, 5.41) is 0.296.